The van der Waals surface area contributed by atoms with E-state index in [0.29, 0.717) is 12.0 Å². The van der Waals surface area contributed by atoms with E-state index in [9.17, 15) is 0 Å². The summed E-state index contributed by atoms with van der Waals surface area (Å²) in [5.41, 5.74) is 7.42. The van der Waals surface area contributed by atoms with Crippen molar-refractivity contribution in [2.45, 2.75) is 66.0 Å². The zero-order valence-corrected chi connectivity index (χ0v) is 18.0. The standard InChI is InChI=1S/C16H27NO.C2H6.C2H2.2CH4O/c1-13(2)11-14(3)18-10-9-16(17)12-15-7-5-4-6-8-15;4*1-2/h4-8,13-14,16H,9-12,17H2,1-3H3;1-2H3;1-2H;2*2H,1H3/t14-,16+;;;;/m1..../s1. The Labute approximate surface area is 162 Å². The van der Waals surface area contributed by atoms with Crippen LogP contribution < -0.4 is 5.73 Å². The van der Waals surface area contributed by atoms with Crippen molar-refractivity contribution < 1.29 is 14.9 Å². The van der Waals surface area contributed by atoms with Gasteiger partial charge in [0.1, 0.15) is 0 Å². The Morgan fingerprint density at radius 2 is 1.42 bits per heavy atom. The molecular formula is C22H43NO3. The first-order chi connectivity index (χ1) is 12.6. The van der Waals surface area contributed by atoms with Crippen molar-refractivity contribution in [3.05, 3.63) is 35.9 Å². The number of hydrogen-bond donors (Lipinski definition) is 3. The van der Waals surface area contributed by atoms with E-state index >= 15 is 0 Å². The summed E-state index contributed by atoms with van der Waals surface area (Å²) in [6.45, 7) is 11.4. The maximum absolute atomic E-state index is 7.00. The van der Waals surface area contributed by atoms with Gasteiger partial charge in [0.25, 0.3) is 0 Å². The Kier molecular flexibility index (Phi) is 35.3. The van der Waals surface area contributed by atoms with Crippen LogP contribution in [0.2, 0.25) is 0 Å². The molecule has 0 saturated heterocycles. The highest BCUT2D eigenvalue weighted by Gasteiger charge is 2.07. The average molecular weight is 370 g/mol. The summed E-state index contributed by atoms with van der Waals surface area (Å²) in [4.78, 5) is 0. The number of benzene rings is 1. The van der Waals surface area contributed by atoms with Gasteiger partial charge >= 0.3 is 0 Å². The predicted octanol–water partition coefficient (Wildman–Crippen LogP) is 3.89. The van der Waals surface area contributed by atoms with Gasteiger partial charge in [0, 0.05) is 26.9 Å². The predicted molar refractivity (Wildman–Crippen MR) is 115 cm³/mol. The molecule has 1 rings (SSSR count). The van der Waals surface area contributed by atoms with Gasteiger partial charge in [-0.05, 0) is 37.7 Å². The lowest BCUT2D eigenvalue weighted by molar-refractivity contribution is 0.0478. The molecule has 0 aliphatic heterocycles. The minimum absolute atomic E-state index is 0.193. The van der Waals surface area contributed by atoms with E-state index in [-0.39, 0.29) is 6.04 Å². The molecule has 0 heterocycles. The molecule has 0 fully saturated rings. The smallest absolute Gasteiger partial charge is 0.0549 e. The monoisotopic (exact) mass is 369 g/mol. The van der Waals surface area contributed by atoms with Crippen LogP contribution in [0.3, 0.4) is 0 Å². The van der Waals surface area contributed by atoms with Gasteiger partial charge in [-0.25, -0.2) is 0 Å². The third kappa shape index (κ3) is 24.9. The molecule has 0 unspecified atom stereocenters. The van der Waals surface area contributed by atoms with Gasteiger partial charge in [0.05, 0.1) is 6.10 Å². The summed E-state index contributed by atoms with van der Waals surface area (Å²) in [7, 11) is 2.00. The van der Waals surface area contributed by atoms with Crippen molar-refractivity contribution in [1.29, 1.82) is 0 Å². The molecule has 0 aliphatic carbocycles. The molecule has 154 valence electrons. The van der Waals surface area contributed by atoms with E-state index in [1.165, 1.54) is 5.56 Å². The van der Waals surface area contributed by atoms with Crippen LogP contribution in [0.1, 0.15) is 53.0 Å². The van der Waals surface area contributed by atoms with Crippen LogP contribution in [0.25, 0.3) is 0 Å². The number of ether oxygens (including phenoxy) is 1. The fourth-order valence-electron chi connectivity index (χ4n) is 2.17. The molecule has 0 saturated carbocycles. The van der Waals surface area contributed by atoms with Crippen LogP contribution in [-0.4, -0.2) is 43.2 Å². The maximum atomic E-state index is 7.00. The van der Waals surface area contributed by atoms with Gasteiger partial charge in [0.2, 0.25) is 0 Å². The fraction of sp³-hybridized carbons (Fsp3) is 0.636. The number of terminal acetylenes is 1. The highest BCUT2D eigenvalue weighted by atomic mass is 16.5. The van der Waals surface area contributed by atoms with Crippen molar-refractivity contribution in [3.63, 3.8) is 0 Å². The van der Waals surface area contributed by atoms with E-state index in [1.807, 2.05) is 19.9 Å². The molecule has 2 atom stereocenters. The Hall–Kier alpha value is -1.38. The summed E-state index contributed by atoms with van der Waals surface area (Å²) in [6.07, 6.45) is 11.3. The molecule has 1 aromatic carbocycles. The summed E-state index contributed by atoms with van der Waals surface area (Å²) in [6, 6.07) is 10.6. The van der Waals surface area contributed by atoms with Gasteiger partial charge < -0.3 is 20.7 Å². The van der Waals surface area contributed by atoms with E-state index in [2.05, 4.69) is 57.9 Å². The zero-order chi connectivity index (χ0) is 21.4. The molecule has 0 amide bonds. The molecule has 4 N–H and O–H groups in total. The van der Waals surface area contributed by atoms with Crippen LogP contribution in [0.5, 0.6) is 0 Å². The molecule has 0 aliphatic rings. The molecule has 1 aromatic rings. The van der Waals surface area contributed by atoms with Crippen LogP contribution in [0.15, 0.2) is 30.3 Å². The molecule has 4 heteroatoms. The minimum Gasteiger partial charge on any atom is -0.400 e. The third-order valence-electron chi connectivity index (χ3n) is 3.04. The summed E-state index contributed by atoms with van der Waals surface area (Å²) in [5.74, 6) is 0.693. The highest BCUT2D eigenvalue weighted by Crippen LogP contribution is 2.09. The second-order valence-electron chi connectivity index (χ2n) is 5.55. The van der Waals surface area contributed by atoms with Gasteiger partial charge in [-0.2, -0.15) is 0 Å². The first-order valence-corrected chi connectivity index (χ1v) is 9.21. The highest BCUT2D eigenvalue weighted by molar-refractivity contribution is 5.15. The summed E-state index contributed by atoms with van der Waals surface area (Å²) in [5, 5.41) is 14.0. The minimum atomic E-state index is 0.193. The molecule has 0 aromatic heterocycles. The van der Waals surface area contributed by atoms with Crippen LogP contribution in [0.4, 0.5) is 0 Å². The lowest BCUT2D eigenvalue weighted by Gasteiger charge is -2.17. The number of rotatable bonds is 8. The number of aliphatic hydroxyl groups is 2. The van der Waals surface area contributed by atoms with Gasteiger partial charge in [0.15, 0.2) is 0 Å². The van der Waals surface area contributed by atoms with E-state index in [0.717, 1.165) is 40.1 Å². The van der Waals surface area contributed by atoms with Gasteiger partial charge in [-0.1, -0.05) is 58.0 Å². The van der Waals surface area contributed by atoms with Crippen LogP contribution in [0, 0.1) is 18.8 Å². The number of nitrogens with two attached hydrogens (primary N) is 1. The third-order valence-corrected chi connectivity index (χ3v) is 3.04. The normalized spacial score (nSPS) is 11.0. The van der Waals surface area contributed by atoms with Crippen molar-refractivity contribution in [2.24, 2.45) is 11.7 Å². The van der Waals surface area contributed by atoms with E-state index < -0.39 is 0 Å². The SMILES string of the molecule is C#C.CC.CC(C)C[C@@H](C)OCC[C@H](N)Cc1ccccc1.CO.CO. The first-order valence-electron chi connectivity index (χ1n) is 9.21. The maximum Gasteiger partial charge on any atom is 0.0549 e. The summed E-state index contributed by atoms with van der Waals surface area (Å²) < 4.78 is 5.78. The molecule has 4 nitrogen and oxygen atoms in total. The summed E-state index contributed by atoms with van der Waals surface area (Å²) >= 11 is 0. The largest absolute Gasteiger partial charge is 0.400 e. The quantitative estimate of drug-likeness (QED) is 0.608. The Morgan fingerprint density at radius 1 is 0.962 bits per heavy atom. The van der Waals surface area contributed by atoms with Crippen molar-refractivity contribution in [2.75, 3.05) is 20.8 Å². The fourth-order valence-corrected chi connectivity index (χ4v) is 2.17. The Bertz CT molecular complexity index is 353. The van der Waals surface area contributed by atoms with Crippen molar-refractivity contribution in [1.82, 2.24) is 0 Å². The molecule has 26 heavy (non-hydrogen) atoms. The second kappa shape index (κ2) is 28.4. The lowest BCUT2D eigenvalue weighted by Crippen LogP contribution is -2.25. The van der Waals surface area contributed by atoms with Crippen LogP contribution in [-0.2, 0) is 11.2 Å². The molecular weight excluding hydrogens is 326 g/mol. The van der Waals surface area contributed by atoms with Crippen LogP contribution >= 0.6 is 0 Å². The van der Waals surface area contributed by atoms with Gasteiger partial charge in [-0.15, -0.1) is 12.8 Å². The zero-order valence-electron chi connectivity index (χ0n) is 18.0. The average Bonchev–Trinajstić information content (AvgIpc) is 2.68. The topological polar surface area (TPSA) is 75.7 Å². The second-order valence-corrected chi connectivity index (χ2v) is 5.55. The molecule has 0 spiro atoms. The number of hydrogen-bond acceptors (Lipinski definition) is 4. The number of aliphatic hydroxyl groups excluding tert-OH is 2. The Morgan fingerprint density at radius 3 is 1.85 bits per heavy atom. The van der Waals surface area contributed by atoms with Crippen molar-refractivity contribution >= 4 is 0 Å². The molecule has 0 bridgehead atoms. The molecule has 0 radical (unpaired) electrons. The van der Waals surface area contributed by atoms with Crippen molar-refractivity contribution in [3.8, 4) is 12.8 Å². The first kappa shape index (κ1) is 32.3. The Balaban J connectivity index is -0.000000266. The van der Waals surface area contributed by atoms with Gasteiger partial charge in [-0.3, -0.25) is 0 Å². The lowest BCUT2D eigenvalue weighted by atomic mass is 10.0. The van der Waals surface area contributed by atoms with E-state index in [1.54, 1.807) is 0 Å². The van der Waals surface area contributed by atoms with E-state index in [4.69, 9.17) is 20.7 Å².